The Bertz CT molecular complexity index is 619. The van der Waals surface area contributed by atoms with Crippen LogP contribution in [0.25, 0.3) is 10.6 Å². The predicted octanol–water partition coefficient (Wildman–Crippen LogP) is 4.30. The van der Waals surface area contributed by atoms with E-state index in [0.29, 0.717) is 4.99 Å². The van der Waals surface area contributed by atoms with Gasteiger partial charge in [-0.15, -0.1) is 11.3 Å². The van der Waals surface area contributed by atoms with Crippen molar-refractivity contribution >= 4 is 28.5 Å². The third kappa shape index (κ3) is 3.07. The van der Waals surface area contributed by atoms with Crippen molar-refractivity contribution in [3.63, 3.8) is 0 Å². The first kappa shape index (κ1) is 15.1. The van der Waals surface area contributed by atoms with E-state index >= 15 is 0 Å². The van der Waals surface area contributed by atoms with E-state index in [1.54, 1.807) is 11.3 Å². The molecule has 0 saturated heterocycles. The van der Waals surface area contributed by atoms with Gasteiger partial charge < -0.3 is 5.73 Å². The normalized spacial score (nSPS) is 11.6. The lowest BCUT2D eigenvalue weighted by Crippen LogP contribution is -2.10. The zero-order valence-electron chi connectivity index (χ0n) is 12.4. The second-order valence-corrected chi connectivity index (χ2v) is 7.28. The molecule has 1 aromatic carbocycles. The van der Waals surface area contributed by atoms with E-state index < -0.39 is 0 Å². The Morgan fingerprint density at radius 2 is 1.85 bits per heavy atom. The quantitative estimate of drug-likeness (QED) is 0.859. The fraction of sp³-hybridized carbons (Fsp3) is 0.375. The number of rotatable bonds is 3. The van der Waals surface area contributed by atoms with Gasteiger partial charge >= 0.3 is 0 Å². The first-order valence-electron chi connectivity index (χ1n) is 6.73. The number of aromatic nitrogens is 1. The van der Waals surface area contributed by atoms with Crippen molar-refractivity contribution in [2.75, 3.05) is 0 Å². The van der Waals surface area contributed by atoms with Gasteiger partial charge in [-0.1, -0.05) is 64.2 Å². The number of nitrogens with zero attached hydrogens (tertiary/aromatic N) is 1. The van der Waals surface area contributed by atoms with E-state index in [1.807, 2.05) is 0 Å². The van der Waals surface area contributed by atoms with Gasteiger partial charge in [0.2, 0.25) is 0 Å². The summed E-state index contributed by atoms with van der Waals surface area (Å²) in [5, 5.41) is 0.991. The summed E-state index contributed by atoms with van der Waals surface area (Å²) < 4.78 is 0. The average molecular weight is 304 g/mol. The van der Waals surface area contributed by atoms with E-state index in [0.717, 1.165) is 27.6 Å². The lowest BCUT2D eigenvalue weighted by Gasteiger charge is -2.18. The van der Waals surface area contributed by atoms with E-state index in [4.69, 9.17) is 18.0 Å². The number of thiazole rings is 1. The molecule has 2 rings (SSSR count). The van der Waals surface area contributed by atoms with Crippen molar-refractivity contribution in [2.24, 2.45) is 5.73 Å². The number of benzene rings is 1. The first-order valence-corrected chi connectivity index (χ1v) is 7.96. The molecule has 1 heterocycles. The van der Waals surface area contributed by atoms with Crippen LogP contribution < -0.4 is 5.73 Å². The molecule has 0 aliphatic rings. The number of nitrogens with two attached hydrogens (primary N) is 1. The van der Waals surface area contributed by atoms with Gasteiger partial charge in [-0.25, -0.2) is 4.98 Å². The third-order valence-electron chi connectivity index (χ3n) is 3.25. The highest BCUT2D eigenvalue weighted by atomic mass is 32.1. The fourth-order valence-corrected chi connectivity index (χ4v) is 3.27. The summed E-state index contributed by atoms with van der Waals surface area (Å²) in [4.78, 5) is 6.05. The minimum atomic E-state index is 0.167. The predicted molar refractivity (Wildman–Crippen MR) is 91.5 cm³/mol. The Morgan fingerprint density at radius 3 is 2.25 bits per heavy atom. The summed E-state index contributed by atoms with van der Waals surface area (Å²) in [5.41, 5.74) is 9.38. The molecule has 0 aliphatic carbocycles. The summed E-state index contributed by atoms with van der Waals surface area (Å²) in [6.45, 7) is 8.71. The van der Waals surface area contributed by atoms with Gasteiger partial charge in [0, 0.05) is 5.56 Å². The molecule has 4 heteroatoms. The average Bonchev–Trinajstić information content (AvgIpc) is 2.82. The number of thiocarbonyl (C=S) groups is 1. The molecule has 1 aromatic heterocycles. The van der Waals surface area contributed by atoms with E-state index in [2.05, 4.69) is 56.9 Å². The molecular formula is C16H20N2S2. The zero-order chi connectivity index (χ0) is 14.9. The van der Waals surface area contributed by atoms with Crippen LogP contribution >= 0.6 is 23.6 Å². The minimum absolute atomic E-state index is 0.167. The van der Waals surface area contributed by atoms with Gasteiger partial charge in [-0.05, 0) is 17.4 Å². The smallest absolute Gasteiger partial charge is 0.124 e. The van der Waals surface area contributed by atoms with Gasteiger partial charge in [0.1, 0.15) is 10.00 Å². The molecule has 106 valence electrons. The zero-order valence-corrected chi connectivity index (χ0v) is 14.0. The topological polar surface area (TPSA) is 38.9 Å². The Balaban J connectivity index is 2.39. The highest BCUT2D eigenvalue weighted by molar-refractivity contribution is 7.81. The molecule has 0 saturated carbocycles. The Morgan fingerprint density at radius 1 is 1.25 bits per heavy atom. The number of aryl methyl sites for hydroxylation is 1. The summed E-state index contributed by atoms with van der Waals surface area (Å²) in [7, 11) is 0. The maximum Gasteiger partial charge on any atom is 0.124 e. The molecule has 0 amide bonds. The Kier molecular flexibility index (Phi) is 4.25. The molecule has 2 N–H and O–H groups in total. The molecule has 20 heavy (non-hydrogen) atoms. The van der Waals surface area contributed by atoms with Crippen molar-refractivity contribution in [3.05, 3.63) is 40.4 Å². The van der Waals surface area contributed by atoms with Gasteiger partial charge in [0.25, 0.3) is 0 Å². The second kappa shape index (κ2) is 5.62. The molecule has 0 fully saturated rings. The number of hydrogen-bond acceptors (Lipinski definition) is 3. The van der Waals surface area contributed by atoms with Crippen LogP contribution in [0.4, 0.5) is 0 Å². The van der Waals surface area contributed by atoms with Gasteiger partial charge in [-0.3, -0.25) is 0 Å². The summed E-state index contributed by atoms with van der Waals surface area (Å²) in [6.07, 6.45) is 0.850. The van der Waals surface area contributed by atoms with Crippen molar-refractivity contribution in [3.8, 4) is 10.6 Å². The van der Waals surface area contributed by atoms with Gasteiger partial charge in [0.05, 0.1) is 10.6 Å². The van der Waals surface area contributed by atoms with Crippen LogP contribution in [0.3, 0.4) is 0 Å². The summed E-state index contributed by atoms with van der Waals surface area (Å²) >= 11 is 6.68. The third-order valence-corrected chi connectivity index (χ3v) is 4.77. The molecule has 0 atom stereocenters. The van der Waals surface area contributed by atoms with Crippen molar-refractivity contribution in [2.45, 2.75) is 39.5 Å². The molecular weight excluding hydrogens is 284 g/mol. The maximum absolute atomic E-state index is 5.76. The Hall–Kier alpha value is -1.26. The van der Waals surface area contributed by atoms with Crippen LogP contribution in [0, 0.1) is 0 Å². The first-order chi connectivity index (χ1) is 9.32. The van der Waals surface area contributed by atoms with E-state index in [-0.39, 0.29) is 5.41 Å². The van der Waals surface area contributed by atoms with E-state index in [9.17, 15) is 0 Å². The van der Waals surface area contributed by atoms with Crippen LogP contribution in [0.2, 0.25) is 0 Å². The molecule has 0 bridgehead atoms. The molecule has 2 nitrogen and oxygen atoms in total. The fourth-order valence-electron chi connectivity index (χ4n) is 2.02. The maximum atomic E-state index is 5.76. The van der Waals surface area contributed by atoms with Gasteiger partial charge in [-0.2, -0.15) is 0 Å². The van der Waals surface area contributed by atoms with Crippen LogP contribution in [0.5, 0.6) is 0 Å². The second-order valence-electron chi connectivity index (χ2n) is 5.84. The molecule has 0 spiro atoms. The van der Waals surface area contributed by atoms with Crippen LogP contribution in [0.15, 0.2) is 24.3 Å². The largest absolute Gasteiger partial charge is 0.389 e. The number of hydrogen-bond donors (Lipinski definition) is 1. The Labute approximate surface area is 130 Å². The standard InChI is InChI=1S/C16H20N2S2/c1-5-12-13(14(17)19)20-15(18-12)10-6-8-11(9-7-10)16(2,3)4/h6-9H,5H2,1-4H3,(H2,17,19). The van der Waals surface area contributed by atoms with Crippen LogP contribution in [-0.4, -0.2) is 9.97 Å². The minimum Gasteiger partial charge on any atom is -0.389 e. The highest BCUT2D eigenvalue weighted by Gasteiger charge is 2.16. The van der Waals surface area contributed by atoms with Crippen molar-refractivity contribution < 1.29 is 0 Å². The monoisotopic (exact) mass is 304 g/mol. The van der Waals surface area contributed by atoms with Gasteiger partial charge in [0.15, 0.2) is 0 Å². The highest BCUT2D eigenvalue weighted by Crippen LogP contribution is 2.30. The lowest BCUT2D eigenvalue weighted by atomic mass is 9.87. The molecule has 0 unspecified atom stereocenters. The summed E-state index contributed by atoms with van der Waals surface area (Å²) in [6, 6.07) is 8.59. The summed E-state index contributed by atoms with van der Waals surface area (Å²) in [5.74, 6) is 0. The SMILES string of the molecule is CCc1nc(-c2ccc(C(C)(C)C)cc2)sc1C(N)=S. The molecule has 2 aromatic rings. The molecule has 0 radical (unpaired) electrons. The van der Waals surface area contributed by atoms with E-state index in [1.165, 1.54) is 5.56 Å². The molecule has 0 aliphatic heterocycles. The van der Waals surface area contributed by atoms with Crippen LogP contribution in [0.1, 0.15) is 43.8 Å². The van der Waals surface area contributed by atoms with Crippen LogP contribution in [-0.2, 0) is 11.8 Å². The van der Waals surface area contributed by atoms with Crippen molar-refractivity contribution in [1.82, 2.24) is 4.98 Å². The van der Waals surface area contributed by atoms with Crippen molar-refractivity contribution in [1.29, 1.82) is 0 Å². The lowest BCUT2D eigenvalue weighted by molar-refractivity contribution is 0.590.